The lowest BCUT2D eigenvalue weighted by Gasteiger charge is -2.09. The molecule has 0 spiro atoms. The maximum Gasteiger partial charge on any atom is 0.272 e. The number of benzene rings is 2. The average Bonchev–Trinajstić information content (AvgIpc) is 2.63. The molecular formula is C18H12N4O3. The number of nitro benzene ring substituents is 1. The average molecular weight is 332 g/mol. The zero-order valence-corrected chi connectivity index (χ0v) is 13.2. The maximum absolute atomic E-state index is 12.4. The van der Waals surface area contributed by atoms with E-state index < -0.39 is 4.92 Å². The van der Waals surface area contributed by atoms with Crippen LogP contribution in [0.15, 0.2) is 59.4 Å². The monoisotopic (exact) mass is 332 g/mol. The zero-order chi connectivity index (χ0) is 18.0. The van der Waals surface area contributed by atoms with Crippen molar-refractivity contribution < 1.29 is 4.92 Å². The summed E-state index contributed by atoms with van der Waals surface area (Å²) in [5.41, 5.74) is 2.27. The molecule has 0 unspecified atom stereocenters. The van der Waals surface area contributed by atoms with Crippen LogP contribution in [0.1, 0.15) is 11.3 Å². The number of nitro groups is 1. The van der Waals surface area contributed by atoms with E-state index in [-0.39, 0.29) is 11.2 Å². The molecule has 122 valence electrons. The van der Waals surface area contributed by atoms with E-state index in [1.165, 1.54) is 22.9 Å². The molecule has 0 atom stereocenters. The summed E-state index contributed by atoms with van der Waals surface area (Å²) in [6.45, 7) is 1.73. The van der Waals surface area contributed by atoms with E-state index in [9.17, 15) is 14.9 Å². The number of hydrogen-bond donors (Lipinski definition) is 0. The first-order valence-electron chi connectivity index (χ1n) is 7.36. The summed E-state index contributed by atoms with van der Waals surface area (Å²) in [6, 6.07) is 16.0. The Kier molecular flexibility index (Phi) is 4.10. The fourth-order valence-electron chi connectivity index (χ4n) is 2.48. The number of aromatic nitrogens is 2. The van der Waals surface area contributed by atoms with Crippen LogP contribution in [0.5, 0.6) is 0 Å². The van der Waals surface area contributed by atoms with Crippen molar-refractivity contribution in [1.29, 1.82) is 5.26 Å². The molecule has 0 amide bonds. The molecule has 0 aliphatic rings. The molecule has 0 bridgehead atoms. The van der Waals surface area contributed by atoms with Crippen LogP contribution < -0.4 is 5.56 Å². The lowest BCUT2D eigenvalue weighted by atomic mass is 10.0. The maximum atomic E-state index is 12.4. The minimum atomic E-state index is -0.482. The van der Waals surface area contributed by atoms with E-state index in [1.54, 1.807) is 43.3 Å². The second-order valence-electron chi connectivity index (χ2n) is 5.36. The predicted molar refractivity (Wildman–Crippen MR) is 91.4 cm³/mol. The Labute approximate surface area is 142 Å². The van der Waals surface area contributed by atoms with Gasteiger partial charge in [-0.25, -0.2) is 0 Å². The van der Waals surface area contributed by atoms with Gasteiger partial charge in [0.25, 0.3) is 11.2 Å². The molecule has 0 aliphatic carbocycles. The Morgan fingerprint density at radius 2 is 1.88 bits per heavy atom. The largest absolute Gasteiger partial charge is 0.272 e. The van der Waals surface area contributed by atoms with Crippen molar-refractivity contribution in [2.75, 3.05) is 0 Å². The first-order chi connectivity index (χ1) is 12.0. The van der Waals surface area contributed by atoms with Crippen molar-refractivity contribution in [1.82, 2.24) is 9.78 Å². The van der Waals surface area contributed by atoms with Gasteiger partial charge in [-0.15, -0.1) is 0 Å². The molecular weight excluding hydrogens is 320 g/mol. The number of non-ortho nitro benzene ring substituents is 1. The predicted octanol–water partition coefficient (Wildman–Crippen LogP) is 2.99. The molecule has 1 heterocycles. The molecule has 0 N–H and O–H groups in total. The SMILES string of the molecule is Cc1nn(-c2ccc(C#N)cc2)c(=O)cc1-c1cccc([N+](=O)[O-])c1. The molecule has 0 aliphatic heterocycles. The van der Waals surface area contributed by atoms with Crippen molar-refractivity contribution >= 4 is 5.69 Å². The van der Waals surface area contributed by atoms with Gasteiger partial charge in [0.15, 0.2) is 0 Å². The Morgan fingerprint density at radius 3 is 2.52 bits per heavy atom. The zero-order valence-electron chi connectivity index (χ0n) is 13.2. The van der Waals surface area contributed by atoms with Crippen molar-refractivity contribution in [3.8, 4) is 22.9 Å². The van der Waals surface area contributed by atoms with Crippen molar-refractivity contribution in [2.24, 2.45) is 0 Å². The third-order valence-corrected chi connectivity index (χ3v) is 3.73. The summed E-state index contributed by atoms with van der Waals surface area (Å²) in [7, 11) is 0. The standard InChI is InChI=1S/C18H12N4O3/c1-12-17(14-3-2-4-16(9-14)22(24)25)10-18(23)21(20-12)15-7-5-13(11-19)6-8-15/h2-10H,1H3. The molecule has 0 saturated carbocycles. The van der Waals surface area contributed by atoms with Crippen LogP contribution in [0.25, 0.3) is 16.8 Å². The van der Waals surface area contributed by atoms with Crippen LogP contribution >= 0.6 is 0 Å². The van der Waals surface area contributed by atoms with E-state index in [0.717, 1.165) is 0 Å². The molecule has 7 heteroatoms. The Morgan fingerprint density at radius 1 is 1.16 bits per heavy atom. The van der Waals surface area contributed by atoms with Gasteiger partial charge in [-0.1, -0.05) is 12.1 Å². The van der Waals surface area contributed by atoms with Gasteiger partial charge in [-0.3, -0.25) is 14.9 Å². The summed E-state index contributed by atoms with van der Waals surface area (Å²) in [5.74, 6) is 0. The molecule has 2 aromatic carbocycles. The summed E-state index contributed by atoms with van der Waals surface area (Å²) < 4.78 is 1.23. The number of nitriles is 1. The van der Waals surface area contributed by atoms with Crippen LogP contribution in [-0.4, -0.2) is 14.7 Å². The highest BCUT2D eigenvalue weighted by atomic mass is 16.6. The van der Waals surface area contributed by atoms with E-state index >= 15 is 0 Å². The van der Waals surface area contributed by atoms with Gasteiger partial charge in [0.2, 0.25) is 0 Å². The van der Waals surface area contributed by atoms with Gasteiger partial charge in [0.1, 0.15) is 0 Å². The molecule has 7 nitrogen and oxygen atoms in total. The van der Waals surface area contributed by atoms with E-state index in [0.29, 0.717) is 28.1 Å². The Hall–Kier alpha value is -3.79. The topological polar surface area (TPSA) is 102 Å². The van der Waals surface area contributed by atoms with E-state index in [2.05, 4.69) is 5.10 Å². The van der Waals surface area contributed by atoms with Gasteiger partial charge in [0, 0.05) is 23.8 Å². The minimum Gasteiger partial charge on any atom is -0.267 e. The number of hydrogen-bond acceptors (Lipinski definition) is 5. The smallest absolute Gasteiger partial charge is 0.267 e. The van der Waals surface area contributed by atoms with Crippen LogP contribution in [0.3, 0.4) is 0 Å². The first-order valence-corrected chi connectivity index (χ1v) is 7.36. The number of nitrogens with zero attached hydrogens (tertiary/aromatic N) is 4. The molecule has 3 aromatic rings. The summed E-state index contributed by atoms with van der Waals surface area (Å²) in [4.78, 5) is 22.9. The number of rotatable bonds is 3. The lowest BCUT2D eigenvalue weighted by molar-refractivity contribution is -0.384. The quantitative estimate of drug-likeness (QED) is 0.542. The van der Waals surface area contributed by atoms with E-state index in [1.807, 2.05) is 6.07 Å². The highest BCUT2D eigenvalue weighted by Gasteiger charge is 2.12. The summed E-state index contributed by atoms with van der Waals surface area (Å²) in [5, 5.41) is 24.1. The highest BCUT2D eigenvalue weighted by molar-refractivity contribution is 5.67. The van der Waals surface area contributed by atoms with Gasteiger partial charge >= 0.3 is 0 Å². The molecule has 25 heavy (non-hydrogen) atoms. The fourth-order valence-corrected chi connectivity index (χ4v) is 2.48. The summed E-state index contributed by atoms with van der Waals surface area (Å²) >= 11 is 0. The summed E-state index contributed by atoms with van der Waals surface area (Å²) in [6.07, 6.45) is 0. The molecule has 0 fully saturated rings. The second kappa shape index (κ2) is 6.37. The van der Waals surface area contributed by atoms with E-state index in [4.69, 9.17) is 5.26 Å². The molecule has 1 aromatic heterocycles. The Balaban J connectivity index is 2.09. The fraction of sp³-hybridized carbons (Fsp3) is 0.0556. The van der Waals surface area contributed by atoms with Gasteiger partial charge in [0.05, 0.1) is 27.9 Å². The van der Waals surface area contributed by atoms with Crippen molar-refractivity contribution in [2.45, 2.75) is 6.92 Å². The van der Waals surface area contributed by atoms with Gasteiger partial charge in [-0.05, 0) is 36.8 Å². The van der Waals surface area contributed by atoms with Crippen LogP contribution in [-0.2, 0) is 0 Å². The second-order valence-corrected chi connectivity index (χ2v) is 5.36. The normalized spacial score (nSPS) is 10.2. The lowest BCUT2D eigenvalue weighted by Crippen LogP contribution is -2.21. The first kappa shape index (κ1) is 16.1. The molecule has 0 saturated heterocycles. The van der Waals surface area contributed by atoms with Crippen molar-refractivity contribution in [3.63, 3.8) is 0 Å². The highest BCUT2D eigenvalue weighted by Crippen LogP contribution is 2.24. The van der Waals surface area contributed by atoms with Gasteiger partial charge in [-0.2, -0.15) is 15.0 Å². The van der Waals surface area contributed by atoms with Crippen LogP contribution in [0.2, 0.25) is 0 Å². The Bertz CT molecular complexity index is 1060. The number of aryl methyl sites for hydroxylation is 1. The van der Waals surface area contributed by atoms with Crippen molar-refractivity contribution in [3.05, 3.63) is 86.3 Å². The molecule has 3 rings (SSSR count). The van der Waals surface area contributed by atoms with Crippen LogP contribution in [0, 0.1) is 28.4 Å². The molecule has 0 radical (unpaired) electrons. The third-order valence-electron chi connectivity index (χ3n) is 3.73. The minimum absolute atomic E-state index is 0.0480. The van der Waals surface area contributed by atoms with Crippen LogP contribution in [0.4, 0.5) is 5.69 Å². The van der Waals surface area contributed by atoms with Gasteiger partial charge < -0.3 is 0 Å². The third kappa shape index (κ3) is 3.14.